The van der Waals surface area contributed by atoms with Gasteiger partial charge in [-0.3, -0.25) is 9.44 Å². The molecule has 0 amide bonds. The summed E-state index contributed by atoms with van der Waals surface area (Å²) in [5, 5.41) is 8.45. The minimum atomic E-state index is -3.76. The van der Waals surface area contributed by atoms with Gasteiger partial charge in [0.1, 0.15) is 0 Å². The number of aryl methyl sites for hydroxylation is 1. The lowest BCUT2D eigenvalue weighted by molar-refractivity contribution is 0.337. The highest BCUT2D eigenvalue weighted by Gasteiger charge is 2.30. The molecule has 83 heavy (non-hydrogen) atoms. The third-order valence-corrected chi connectivity index (χ3v) is 19.6. The fraction of sp³-hybridized carbons (Fsp3) is 0.284. The zero-order chi connectivity index (χ0) is 56.8. The van der Waals surface area contributed by atoms with E-state index in [0.29, 0.717) is 34.2 Å². The second-order valence-electron chi connectivity index (χ2n) is 22.2. The number of fused-ring (bicyclic) bond motifs is 7. The average Bonchev–Trinajstić information content (AvgIpc) is 4.36. The topological polar surface area (TPSA) is 174 Å². The monoisotopic (exact) mass is 1140 g/mol. The van der Waals surface area contributed by atoms with Crippen molar-refractivity contribution < 1.29 is 16.8 Å². The molecule has 2 aliphatic carbocycles. The zero-order valence-electron chi connectivity index (χ0n) is 46.8. The van der Waals surface area contributed by atoms with E-state index in [0.717, 1.165) is 102 Å². The van der Waals surface area contributed by atoms with E-state index in [1.165, 1.54) is 63.0 Å². The van der Waals surface area contributed by atoms with Gasteiger partial charge in [-0.2, -0.15) is 0 Å². The van der Waals surface area contributed by atoms with Crippen molar-refractivity contribution in [3.05, 3.63) is 215 Å². The molecule has 2 unspecified atom stereocenters. The predicted octanol–water partition coefficient (Wildman–Crippen LogP) is 12.5. The molecule has 0 saturated carbocycles. The SMILES string of the molecule is Cc1ccccc1S(=O)(=O)Nc1ccc(C2Cc3cnc(NCCCN4CCCC4)nc3-c3ccccc32)cc1.O=S(=O)(Nc1ccc(C2Cc3cnc(NCCCN4CCCC4)nc3-c3ccccc32)cc1)c1cccc2ccccc12. The Labute approximate surface area is 488 Å². The molecule has 13 rings (SSSR count). The highest BCUT2D eigenvalue weighted by molar-refractivity contribution is 7.93. The molecule has 4 heterocycles. The lowest BCUT2D eigenvalue weighted by Gasteiger charge is -2.27. The Kier molecular flexibility index (Phi) is 16.6. The molecular weight excluding hydrogens is 1070 g/mol. The summed E-state index contributed by atoms with van der Waals surface area (Å²) in [6.45, 7) is 10.6. The van der Waals surface area contributed by atoms with Gasteiger partial charge in [-0.25, -0.2) is 36.8 Å². The van der Waals surface area contributed by atoms with Crippen LogP contribution >= 0.6 is 0 Å². The molecule has 0 radical (unpaired) electrons. The van der Waals surface area contributed by atoms with E-state index >= 15 is 0 Å². The Morgan fingerprint density at radius 1 is 0.482 bits per heavy atom. The van der Waals surface area contributed by atoms with Crippen molar-refractivity contribution in [3.63, 3.8) is 0 Å². The Hall–Kier alpha value is -8.02. The van der Waals surface area contributed by atoms with E-state index in [2.05, 4.69) is 88.4 Å². The predicted molar refractivity (Wildman–Crippen MR) is 333 cm³/mol. The Morgan fingerprint density at radius 3 is 1.43 bits per heavy atom. The Morgan fingerprint density at radius 2 is 0.916 bits per heavy atom. The first-order valence-corrected chi connectivity index (χ1v) is 32.1. The van der Waals surface area contributed by atoms with Gasteiger partial charge in [-0.1, -0.05) is 127 Å². The van der Waals surface area contributed by atoms with Gasteiger partial charge in [0.25, 0.3) is 20.0 Å². The third kappa shape index (κ3) is 12.7. The molecular formula is C67H70N10O4S2. The van der Waals surface area contributed by atoms with Crippen LogP contribution in [0, 0.1) is 6.92 Å². The molecule has 4 N–H and O–H groups in total. The van der Waals surface area contributed by atoms with Crippen molar-refractivity contribution in [1.29, 1.82) is 0 Å². The summed E-state index contributed by atoms with van der Waals surface area (Å²) in [6.07, 6.45) is 12.9. The maximum atomic E-state index is 13.3. The summed E-state index contributed by atoms with van der Waals surface area (Å²) < 4.78 is 58.1. The zero-order valence-corrected chi connectivity index (χ0v) is 48.5. The summed E-state index contributed by atoms with van der Waals surface area (Å²) in [6, 6.07) is 52.2. The number of hydrogen-bond donors (Lipinski definition) is 4. The van der Waals surface area contributed by atoms with Crippen LogP contribution in [0.3, 0.4) is 0 Å². The number of sulfonamides is 2. The fourth-order valence-corrected chi connectivity index (χ4v) is 14.9. The normalized spacial score (nSPS) is 16.6. The van der Waals surface area contributed by atoms with Gasteiger partial charge in [0.15, 0.2) is 0 Å². The molecule has 424 valence electrons. The van der Waals surface area contributed by atoms with Crippen LogP contribution in [-0.4, -0.2) is 98.9 Å². The number of hydrogen-bond acceptors (Lipinski definition) is 12. The molecule has 4 aliphatic rings. The summed E-state index contributed by atoms with van der Waals surface area (Å²) in [5.41, 5.74) is 12.9. The van der Waals surface area contributed by atoms with E-state index in [1.54, 1.807) is 37.3 Å². The first-order chi connectivity index (χ1) is 40.5. The maximum Gasteiger partial charge on any atom is 0.262 e. The molecule has 14 nitrogen and oxygen atoms in total. The third-order valence-electron chi connectivity index (χ3n) is 16.6. The van der Waals surface area contributed by atoms with Gasteiger partial charge in [0.05, 0.1) is 21.2 Å². The fourth-order valence-electron chi connectivity index (χ4n) is 12.3. The summed E-state index contributed by atoms with van der Waals surface area (Å²) in [7, 11) is -7.42. The van der Waals surface area contributed by atoms with Gasteiger partial charge in [0, 0.05) is 65.2 Å². The maximum absolute atomic E-state index is 13.3. The van der Waals surface area contributed by atoms with Crippen LogP contribution < -0.4 is 20.1 Å². The molecule has 2 fully saturated rings. The highest BCUT2D eigenvalue weighted by atomic mass is 32.2. The van der Waals surface area contributed by atoms with Gasteiger partial charge in [-0.05, 0) is 178 Å². The minimum Gasteiger partial charge on any atom is -0.354 e. The van der Waals surface area contributed by atoms with Gasteiger partial charge in [-0.15, -0.1) is 0 Å². The van der Waals surface area contributed by atoms with E-state index in [1.807, 2.05) is 97.3 Å². The number of rotatable bonds is 18. The van der Waals surface area contributed by atoms with E-state index < -0.39 is 20.0 Å². The molecule has 2 atom stereocenters. The second kappa shape index (κ2) is 24.8. The van der Waals surface area contributed by atoms with E-state index in [-0.39, 0.29) is 21.6 Å². The van der Waals surface area contributed by atoms with Crippen molar-refractivity contribution in [3.8, 4) is 22.5 Å². The van der Waals surface area contributed by atoms with Gasteiger partial charge >= 0.3 is 0 Å². The lowest BCUT2D eigenvalue weighted by Crippen LogP contribution is -2.22. The first kappa shape index (κ1) is 55.5. The molecule has 0 spiro atoms. The number of anilines is 4. The minimum absolute atomic E-state index is 0.121. The van der Waals surface area contributed by atoms with Crippen molar-refractivity contribution in [2.75, 3.05) is 72.4 Å². The van der Waals surface area contributed by atoms with Gasteiger partial charge < -0.3 is 20.4 Å². The van der Waals surface area contributed by atoms with Crippen LogP contribution in [0.25, 0.3) is 33.3 Å². The quantitative estimate of drug-likeness (QED) is 0.0600. The van der Waals surface area contributed by atoms with Crippen LogP contribution in [0.2, 0.25) is 0 Å². The Balaban J connectivity index is 0.000000164. The van der Waals surface area contributed by atoms with Crippen molar-refractivity contribution in [2.45, 2.75) is 79.9 Å². The highest BCUT2D eigenvalue weighted by Crippen LogP contribution is 2.44. The summed E-state index contributed by atoms with van der Waals surface area (Å²) in [4.78, 5) is 24.8. The lowest BCUT2D eigenvalue weighted by atomic mass is 9.78. The van der Waals surface area contributed by atoms with E-state index in [9.17, 15) is 16.8 Å². The number of aromatic nitrogens is 4. The van der Waals surface area contributed by atoms with Gasteiger partial charge in [0.2, 0.25) is 11.9 Å². The van der Waals surface area contributed by atoms with Crippen LogP contribution in [-0.2, 0) is 32.9 Å². The van der Waals surface area contributed by atoms with Crippen molar-refractivity contribution in [2.24, 2.45) is 0 Å². The van der Waals surface area contributed by atoms with Crippen molar-refractivity contribution >= 4 is 54.1 Å². The van der Waals surface area contributed by atoms with E-state index in [4.69, 9.17) is 9.97 Å². The number of nitrogens with one attached hydrogen (secondary N) is 4. The first-order valence-electron chi connectivity index (χ1n) is 29.1. The number of benzene rings is 7. The second-order valence-corrected chi connectivity index (χ2v) is 25.5. The standard InChI is InChI=1S/C35H35N5O2S.C32H35N5O2S/c41-43(42,33-14-7-10-25-9-1-2-11-29(25)33)39-28-17-15-26(16-18-28)32-23-27-24-37-35(36-19-8-22-40-20-5-6-21-40)38-34(27)31-13-4-3-12-30(31)32;1-23-9-2-5-12-30(23)40(38,39)36-26-15-13-24(14-16-26)29-21-25-22-34-32(33-17-8-20-37-18-6-7-19-37)35-31(25)28-11-4-3-10-27(28)29/h1-4,7,9-18,24,32,39H,5-6,8,19-23H2,(H,36,37,38);2-5,9-16,22,29,36H,6-8,17-21H2,1H3,(H,33,34,35). The average molecular weight is 1140 g/mol. The molecule has 2 aromatic heterocycles. The summed E-state index contributed by atoms with van der Waals surface area (Å²) in [5.74, 6) is 1.61. The molecule has 2 saturated heterocycles. The molecule has 2 aliphatic heterocycles. The summed E-state index contributed by atoms with van der Waals surface area (Å²) >= 11 is 0. The van der Waals surface area contributed by atoms with Crippen LogP contribution in [0.5, 0.6) is 0 Å². The number of nitrogens with zero attached hydrogens (tertiary/aromatic N) is 6. The number of likely N-dealkylation sites (tertiary alicyclic amines) is 2. The van der Waals surface area contributed by atoms with Crippen LogP contribution in [0.1, 0.15) is 89.3 Å². The Bertz CT molecular complexity index is 3980. The molecule has 0 bridgehead atoms. The molecule has 7 aromatic carbocycles. The molecule has 9 aromatic rings. The largest absolute Gasteiger partial charge is 0.354 e. The van der Waals surface area contributed by atoms with Crippen LogP contribution in [0.15, 0.2) is 186 Å². The smallest absolute Gasteiger partial charge is 0.262 e. The van der Waals surface area contributed by atoms with Crippen LogP contribution in [0.4, 0.5) is 23.3 Å². The van der Waals surface area contributed by atoms with Crippen molar-refractivity contribution in [1.82, 2.24) is 29.7 Å². The molecule has 16 heteroatoms.